The number of nitrogens with zero attached hydrogens (tertiary/aromatic N) is 3. The van der Waals surface area contributed by atoms with Crippen LogP contribution >= 0.6 is 24.2 Å². The fraction of sp³-hybridized carbons (Fsp3) is 0.357. The topological polar surface area (TPSA) is 94.9 Å². The molecule has 0 aliphatic carbocycles. The molecular formula is C14H20ClN5O2S. The number of aryl methyl sites for hydroxylation is 1. The molecule has 0 saturated carbocycles. The third-order valence-corrected chi connectivity index (χ3v) is 3.82. The maximum absolute atomic E-state index is 11.9. The molecule has 1 amide bonds. The Kier molecular flexibility index (Phi) is 7.34. The first-order valence-corrected chi connectivity index (χ1v) is 8.19. The number of hydrogen-bond donors (Lipinski definition) is 2. The lowest BCUT2D eigenvalue weighted by Gasteiger charge is -2.11. The molecule has 23 heavy (non-hydrogen) atoms. The molecular weight excluding hydrogens is 338 g/mol. The predicted octanol–water partition coefficient (Wildman–Crippen LogP) is 1.01. The van der Waals surface area contributed by atoms with E-state index in [0.29, 0.717) is 17.8 Å². The van der Waals surface area contributed by atoms with Crippen molar-refractivity contribution in [2.75, 3.05) is 17.3 Å². The van der Waals surface area contributed by atoms with Crippen molar-refractivity contribution in [3.05, 3.63) is 41.1 Å². The fourth-order valence-electron chi connectivity index (χ4n) is 1.85. The zero-order valence-corrected chi connectivity index (χ0v) is 14.6. The van der Waals surface area contributed by atoms with Crippen LogP contribution in [-0.2, 0) is 11.8 Å². The van der Waals surface area contributed by atoms with Gasteiger partial charge in [-0.1, -0.05) is 0 Å². The molecule has 7 nitrogen and oxygen atoms in total. The summed E-state index contributed by atoms with van der Waals surface area (Å²) in [5.74, 6) is 0.632. The SMILES string of the molecule is CSCCC(N)C(=O)Nc1ccc(-n2ncn(C)c2=O)cc1.Cl. The third kappa shape index (κ3) is 4.85. The lowest BCUT2D eigenvalue weighted by atomic mass is 10.2. The Morgan fingerprint density at radius 3 is 2.57 bits per heavy atom. The fourth-order valence-corrected chi connectivity index (χ4v) is 2.34. The van der Waals surface area contributed by atoms with Gasteiger partial charge in [-0.3, -0.25) is 9.36 Å². The maximum atomic E-state index is 11.9. The quantitative estimate of drug-likeness (QED) is 0.804. The number of nitrogens with two attached hydrogens (primary N) is 1. The number of nitrogens with one attached hydrogen (secondary N) is 1. The van der Waals surface area contributed by atoms with E-state index >= 15 is 0 Å². The molecule has 0 aliphatic heterocycles. The van der Waals surface area contributed by atoms with Crippen LogP contribution in [0.4, 0.5) is 5.69 Å². The number of thioether (sulfide) groups is 1. The van der Waals surface area contributed by atoms with Crippen molar-refractivity contribution in [1.82, 2.24) is 14.3 Å². The highest BCUT2D eigenvalue weighted by Crippen LogP contribution is 2.12. The van der Waals surface area contributed by atoms with E-state index in [-0.39, 0.29) is 24.0 Å². The number of benzene rings is 1. The van der Waals surface area contributed by atoms with Gasteiger partial charge in [0, 0.05) is 12.7 Å². The van der Waals surface area contributed by atoms with E-state index in [2.05, 4.69) is 10.4 Å². The Morgan fingerprint density at radius 1 is 1.39 bits per heavy atom. The number of aromatic nitrogens is 3. The van der Waals surface area contributed by atoms with Crippen molar-refractivity contribution in [1.29, 1.82) is 0 Å². The van der Waals surface area contributed by atoms with E-state index in [4.69, 9.17) is 5.73 Å². The van der Waals surface area contributed by atoms with Crippen molar-refractivity contribution in [2.45, 2.75) is 12.5 Å². The average molecular weight is 358 g/mol. The summed E-state index contributed by atoms with van der Waals surface area (Å²) in [6, 6.07) is 6.35. The highest BCUT2D eigenvalue weighted by molar-refractivity contribution is 7.98. The molecule has 0 fully saturated rings. The van der Waals surface area contributed by atoms with Gasteiger partial charge in [-0.25, -0.2) is 4.79 Å². The van der Waals surface area contributed by atoms with Gasteiger partial charge in [0.1, 0.15) is 6.33 Å². The summed E-state index contributed by atoms with van der Waals surface area (Å²) >= 11 is 1.66. The first kappa shape index (κ1) is 19.3. The number of rotatable bonds is 6. The Morgan fingerprint density at radius 2 is 2.04 bits per heavy atom. The largest absolute Gasteiger partial charge is 0.350 e. The number of hydrogen-bond acceptors (Lipinski definition) is 5. The number of halogens is 1. The zero-order valence-electron chi connectivity index (χ0n) is 12.9. The van der Waals surface area contributed by atoms with Crippen LogP contribution in [0.15, 0.2) is 35.4 Å². The molecule has 1 unspecified atom stereocenters. The molecule has 126 valence electrons. The summed E-state index contributed by atoms with van der Waals surface area (Å²) in [5, 5.41) is 6.76. The third-order valence-electron chi connectivity index (χ3n) is 3.17. The standard InChI is InChI=1S/C14H19N5O2S.ClH/c1-18-9-16-19(14(18)21)11-5-3-10(4-6-11)17-13(20)12(15)7-8-22-2;/h3-6,9,12H,7-8,15H2,1-2H3,(H,17,20);1H. The van der Waals surface area contributed by atoms with Gasteiger partial charge in [0.15, 0.2) is 0 Å². The molecule has 0 spiro atoms. The maximum Gasteiger partial charge on any atom is 0.350 e. The highest BCUT2D eigenvalue weighted by Gasteiger charge is 2.13. The molecule has 3 N–H and O–H groups in total. The van der Waals surface area contributed by atoms with Crippen molar-refractivity contribution in [2.24, 2.45) is 12.8 Å². The van der Waals surface area contributed by atoms with Crippen LogP contribution < -0.4 is 16.7 Å². The number of carbonyl (C=O) groups excluding carboxylic acids is 1. The molecule has 1 aromatic carbocycles. The summed E-state index contributed by atoms with van der Waals surface area (Å²) < 4.78 is 2.68. The molecule has 1 aromatic heterocycles. The second kappa shape index (κ2) is 8.76. The van der Waals surface area contributed by atoms with Crippen molar-refractivity contribution >= 4 is 35.8 Å². The van der Waals surface area contributed by atoms with Crippen molar-refractivity contribution in [3.8, 4) is 5.69 Å². The molecule has 1 atom stereocenters. The van der Waals surface area contributed by atoms with E-state index in [1.807, 2.05) is 6.26 Å². The second-order valence-corrected chi connectivity index (χ2v) is 5.85. The Labute approximate surface area is 144 Å². The summed E-state index contributed by atoms with van der Waals surface area (Å²) in [4.78, 5) is 23.7. The van der Waals surface area contributed by atoms with Crippen molar-refractivity contribution in [3.63, 3.8) is 0 Å². The number of amides is 1. The van der Waals surface area contributed by atoms with Gasteiger partial charge >= 0.3 is 5.69 Å². The molecule has 2 aromatic rings. The van der Waals surface area contributed by atoms with E-state index in [9.17, 15) is 9.59 Å². The number of anilines is 1. The Balaban J connectivity index is 0.00000264. The van der Waals surface area contributed by atoms with E-state index in [0.717, 1.165) is 5.75 Å². The van der Waals surface area contributed by atoms with Gasteiger partial charge in [0.2, 0.25) is 5.91 Å². The Hall–Kier alpha value is -1.77. The van der Waals surface area contributed by atoms with E-state index < -0.39 is 6.04 Å². The number of carbonyl (C=O) groups is 1. The van der Waals surface area contributed by atoms with Crippen LogP contribution in [0.1, 0.15) is 6.42 Å². The van der Waals surface area contributed by atoms with Crippen LogP contribution in [0.5, 0.6) is 0 Å². The molecule has 0 aliphatic rings. The van der Waals surface area contributed by atoms with Crippen LogP contribution in [-0.4, -0.2) is 38.3 Å². The first-order chi connectivity index (χ1) is 10.5. The molecule has 2 rings (SSSR count). The normalized spacial score (nSPS) is 11.6. The molecule has 0 radical (unpaired) electrons. The molecule has 1 heterocycles. The summed E-state index contributed by atoms with van der Waals surface area (Å²) in [7, 11) is 1.64. The van der Waals surface area contributed by atoms with E-state index in [1.54, 1.807) is 43.1 Å². The highest BCUT2D eigenvalue weighted by atomic mass is 35.5. The monoisotopic (exact) mass is 357 g/mol. The van der Waals surface area contributed by atoms with E-state index in [1.165, 1.54) is 15.6 Å². The van der Waals surface area contributed by atoms with Gasteiger partial charge in [-0.2, -0.15) is 21.5 Å². The molecule has 0 saturated heterocycles. The first-order valence-electron chi connectivity index (χ1n) is 6.79. The van der Waals surface area contributed by atoms with Crippen LogP contribution in [0.3, 0.4) is 0 Å². The van der Waals surface area contributed by atoms with Gasteiger partial charge < -0.3 is 11.1 Å². The van der Waals surface area contributed by atoms with Crippen LogP contribution in [0, 0.1) is 0 Å². The van der Waals surface area contributed by atoms with Gasteiger partial charge in [0.05, 0.1) is 11.7 Å². The second-order valence-electron chi connectivity index (χ2n) is 4.86. The zero-order chi connectivity index (χ0) is 16.1. The van der Waals surface area contributed by atoms with Gasteiger partial charge in [-0.15, -0.1) is 12.4 Å². The minimum Gasteiger partial charge on any atom is -0.325 e. The minimum absolute atomic E-state index is 0. The van der Waals surface area contributed by atoms with Crippen LogP contribution in [0.2, 0.25) is 0 Å². The summed E-state index contributed by atoms with van der Waals surface area (Å²) in [5.41, 5.74) is 6.86. The lowest BCUT2D eigenvalue weighted by Crippen LogP contribution is -2.36. The summed E-state index contributed by atoms with van der Waals surface area (Å²) in [6.45, 7) is 0. The predicted molar refractivity (Wildman–Crippen MR) is 95.7 cm³/mol. The van der Waals surface area contributed by atoms with Gasteiger partial charge in [0.25, 0.3) is 0 Å². The average Bonchev–Trinajstić information content (AvgIpc) is 2.85. The summed E-state index contributed by atoms with van der Waals surface area (Å²) in [6.07, 6.45) is 4.06. The molecule has 9 heteroatoms. The Bertz CT molecular complexity index is 698. The van der Waals surface area contributed by atoms with Crippen LogP contribution in [0.25, 0.3) is 5.69 Å². The minimum atomic E-state index is -0.523. The van der Waals surface area contributed by atoms with Gasteiger partial charge in [-0.05, 0) is 42.7 Å². The molecule has 0 bridgehead atoms. The smallest absolute Gasteiger partial charge is 0.325 e. The lowest BCUT2D eigenvalue weighted by molar-refractivity contribution is -0.117. The van der Waals surface area contributed by atoms with Crippen molar-refractivity contribution < 1.29 is 4.79 Å².